The molecule has 2 saturated heterocycles. The van der Waals surface area contributed by atoms with E-state index in [9.17, 15) is 9.59 Å². The predicted molar refractivity (Wildman–Crippen MR) is 94.9 cm³/mol. The van der Waals surface area contributed by atoms with Crippen LogP contribution in [0.25, 0.3) is 0 Å². The molecule has 0 saturated carbocycles. The van der Waals surface area contributed by atoms with Gasteiger partial charge in [-0.25, -0.2) is 0 Å². The standard InChI is InChI=1S/C17H21N3O5.ClH/c21-16(12-1-2-14-15(9-12)25-11-24-14)19-4-6-20(7-5-19)17(22)13-10-23-8-3-18-13;/h1-2,9,13,18H,3-8,10-11H2;1H. The molecule has 0 spiro atoms. The second kappa shape index (κ2) is 8.11. The number of rotatable bonds is 2. The van der Waals surface area contributed by atoms with Crippen LogP contribution < -0.4 is 14.8 Å². The lowest BCUT2D eigenvalue weighted by Crippen LogP contribution is -2.57. The quantitative estimate of drug-likeness (QED) is 0.780. The third kappa shape index (κ3) is 3.72. The molecule has 0 aromatic heterocycles. The van der Waals surface area contributed by atoms with Crippen LogP contribution in [0.2, 0.25) is 0 Å². The highest BCUT2D eigenvalue weighted by Crippen LogP contribution is 2.32. The van der Waals surface area contributed by atoms with Crippen LogP contribution in [0, 0.1) is 0 Å². The van der Waals surface area contributed by atoms with Gasteiger partial charge in [0, 0.05) is 38.3 Å². The molecule has 0 aliphatic carbocycles. The van der Waals surface area contributed by atoms with Crippen molar-refractivity contribution < 1.29 is 23.8 Å². The largest absolute Gasteiger partial charge is 0.454 e. The molecule has 26 heavy (non-hydrogen) atoms. The first-order valence-corrected chi connectivity index (χ1v) is 8.51. The molecule has 2 fully saturated rings. The average Bonchev–Trinajstić information content (AvgIpc) is 3.15. The number of hydrogen-bond donors (Lipinski definition) is 1. The van der Waals surface area contributed by atoms with Crippen LogP contribution >= 0.6 is 12.4 Å². The van der Waals surface area contributed by atoms with Crippen LogP contribution in [0.4, 0.5) is 0 Å². The molecule has 142 valence electrons. The van der Waals surface area contributed by atoms with E-state index in [2.05, 4.69) is 5.32 Å². The lowest BCUT2D eigenvalue weighted by molar-refractivity contribution is -0.137. The Balaban J connectivity index is 0.00000196. The summed E-state index contributed by atoms with van der Waals surface area (Å²) < 4.78 is 15.9. The summed E-state index contributed by atoms with van der Waals surface area (Å²) in [6.45, 7) is 4.04. The monoisotopic (exact) mass is 383 g/mol. The molecule has 3 aliphatic rings. The Kier molecular flexibility index (Phi) is 5.85. The van der Waals surface area contributed by atoms with Crippen LogP contribution in [0.5, 0.6) is 11.5 Å². The van der Waals surface area contributed by atoms with Crippen LogP contribution in [0.1, 0.15) is 10.4 Å². The minimum absolute atomic E-state index is 0. The Labute approximate surface area is 157 Å². The van der Waals surface area contributed by atoms with Crippen molar-refractivity contribution in [3.63, 3.8) is 0 Å². The van der Waals surface area contributed by atoms with Crippen LogP contribution in [0.15, 0.2) is 18.2 Å². The van der Waals surface area contributed by atoms with Gasteiger partial charge in [0.2, 0.25) is 12.7 Å². The minimum atomic E-state index is -0.273. The highest BCUT2D eigenvalue weighted by Gasteiger charge is 2.30. The maximum atomic E-state index is 12.7. The van der Waals surface area contributed by atoms with Gasteiger partial charge in [0.25, 0.3) is 5.91 Å². The van der Waals surface area contributed by atoms with E-state index in [-0.39, 0.29) is 37.1 Å². The molecule has 1 aromatic carbocycles. The third-order valence-corrected chi connectivity index (χ3v) is 4.72. The first-order chi connectivity index (χ1) is 12.2. The maximum absolute atomic E-state index is 12.7. The van der Waals surface area contributed by atoms with Gasteiger partial charge in [0.15, 0.2) is 11.5 Å². The number of nitrogens with zero attached hydrogens (tertiary/aromatic N) is 2. The molecule has 2 amide bonds. The second-order valence-corrected chi connectivity index (χ2v) is 6.27. The normalized spacial score (nSPS) is 21.9. The summed E-state index contributed by atoms with van der Waals surface area (Å²) in [6.07, 6.45) is 0. The summed E-state index contributed by atoms with van der Waals surface area (Å²) in [6, 6.07) is 4.94. The van der Waals surface area contributed by atoms with Crippen molar-refractivity contribution in [1.29, 1.82) is 0 Å². The summed E-state index contributed by atoms with van der Waals surface area (Å²) in [5.41, 5.74) is 0.575. The predicted octanol–water partition coefficient (Wildman–Crippen LogP) is 0.110. The summed E-state index contributed by atoms with van der Waals surface area (Å²) in [5.74, 6) is 1.26. The topological polar surface area (TPSA) is 80.3 Å². The van der Waals surface area contributed by atoms with Gasteiger partial charge in [-0.2, -0.15) is 0 Å². The van der Waals surface area contributed by atoms with Crippen molar-refractivity contribution in [1.82, 2.24) is 15.1 Å². The number of morpholine rings is 1. The van der Waals surface area contributed by atoms with Crippen molar-refractivity contribution in [2.24, 2.45) is 0 Å². The van der Waals surface area contributed by atoms with Gasteiger partial charge < -0.3 is 29.3 Å². The van der Waals surface area contributed by atoms with E-state index in [4.69, 9.17) is 14.2 Å². The molecule has 0 radical (unpaired) electrons. The highest BCUT2D eigenvalue weighted by molar-refractivity contribution is 5.95. The molecule has 4 rings (SSSR count). The molecular formula is C17H22ClN3O5. The lowest BCUT2D eigenvalue weighted by Gasteiger charge is -2.37. The van der Waals surface area contributed by atoms with Crippen molar-refractivity contribution in [3.8, 4) is 11.5 Å². The molecule has 9 heteroatoms. The number of carbonyl (C=O) groups excluding carboxylic acids is 2. The van der Waals surface area contributed by atoms with Gasteiger partial charge in [0.05, 0.1) is 13.2 Å². The Bertz CT molecular complexity index is 672. The summed E-state index contributed by atoms with van der Waals surface area (Å²) in [7, 11) is 0. The fourth-order valence-electron chi connectivity index (χ4n) is 3.29. The Morgan fingerprint density at radius 2 is 1.77 bits per heavy atom. The molecule has 8 nitrogen and oxygen atoms in total. The fraction of sp³-hybridized carbons (Fsp3) is 0.529. The van der Waals surface area contributed by atoms with E-state index in [1.54, 1.807) is 28.0 Å². The van der Waals surface area contributed by atoms with Gasteiger partial charge in [-0.05, 0) is 18.2 Å². The Morgan fingerprint density at radius 3 is 2.50 bits per heavy atom. The highest BCUT2D eigenvalue weighted by atomic mass is 35.5. The number of fused-ring (bicyclic) bond motifs is 1. The summed E-state index contributed by atoms with van der Waals surface area (Å²) in [4.78, 5) is 28.7. The number of amides is 2. The van der Waals surface area contributed by atoms with E-state index in [0.717, 1.165) is 0 Å². The van der Waals surface area contributed by atoms with E-state index < -0.39 is 0 Å². The van der Waals surface area contributed by atoms with Gasteiger partial charge in [-0.15, -0.1) is 12.4 Å². The number of piperazine rings is 1. The third-order valence-electron chi connectivity index (χ3n) is 4.72. The number of benzene rings is 1. The molecule has 3 aliphatic heterocycles. The second-order valence-electron chi connectivity index (χ2n) is 6.27. The molecule has 1 unspecified atom stereocenters. The van der Waals surface area contributed by atoms with Crippen molar-refractivity contribution in [2.75, 3.05) is 52.7 Å². The smallest absolute Gasteiger partial charge is 0.254 e. The summed E-state index contributed by atoms with van der Waals surface area (Å²) in [5, 5.41) is 3.18. The van der Waals surface area contributed by atoms with Gasteiger partial charge in [0.1, 0.15) is 6.04 Å². The minimum Gasteiger partial charge on any atom is -0.454 e. The van der Waals surface area contributed by atoms with Crippen molar-refractivity contribution in [2.45, 2.75) is 6.04 Å². The van der Waals surface area contributed by atoms with Crippen LogP contribution in [-0.4, -0.2) is 80.4 Å². The van der Waals surface area contributed by atoms with Crippen LogP contribution in [-0.2, 0) is 9.53 Å². The Morgan fingerprint density at radius 1 is 1.04 bits per heavy atom. The van der Waals surface area contributed by atoms with E-state index >= 15 is 0 Å². The molecule has 1 aromatic rings. The van der Waals surface area contributed by atoms with Crippen molar-refractivity contribution in [3.05, 3.63) is 23.8 Å². The SMILES string of the molecule is Cl.O=C(c1ccc2c(c1)OCO2)N1CCN(C(=O)C2COCCN2)CC1. The van der Waals surface area contributed by atoms with Crippen LogP contribution in [0.3, 0.4) is 0 Å². The lowest BCUT2D eigenvalue weighted by atomic mass is 10.1. The first kappa shape index (κ1) is 18.8. The number of hydrogen-bond acceptors (Lipinski definition) is 6. The number of halogens is 1. The van der Waals surface area contributed by atoms with E-state index in [1.165, 1.54) is 0 Å². The number of nitrogens with one attached hydrogen (secondary N) is 1. The average molecular weight is 384 g/mol. The number of ether oxygens (including phenoxy) is 3. The molecule has 0 bridgehead atoms. The number of carbonyl (C=O) groups is 2. The zero-order valence-electron chi connectivity index (χ0n) is 14.3. The van der Waals surface area contributed by atoms with Gasteiger partial charge >= 0.3 is 0 Å². The fourth-order valence-corrected chi connectivity index (χ4v) is 3.29. The Hall–Kier alpha value is -2.03. The van der Waals surface area contributed by atoms with Gasteiger partial charge in [-0.3, -0.25) is 9.59 Å². The van der Waals surface area contributed by atoms with E-state index in [1.807, 2.05) is 0 Å². The zero-order valence-corrected chi connectivity index (χ0v) is 15.1. The van der Waals surface area contributed by atoms with Gasteiger partial charge in [-0.1, -0.05) is 0 Å². The molecule has 3 heterocycles. The maximum Gasteiger partial charge on any atom is 0.254 e. The van der Waals surface area contributed by atoms with E-state index in [0.29, 0.717) is 63.0 Å². The van der Waals surface area contributed by atoms with Crippen molar-refractivity contribution >= 4 is 24.2 Å². The zero-order chi connectivity index (χ0) is 17.2. The summed E-state index contributed by atoms with van der Waals surface area (Å²) >= 11 is 0. The molecular weight excluding hydrogens is 362 g/mol. The first-order valence-electron chi connectivity index (χ1n) is 8.51. The molecule has 1 N–H and O–H groups in total. The molecule has 1 atom stereocenters.